The van der Waals surface area contributed by atoms with Crippen molar-refractivity contribution in [1.29, 1.82) is 0 Å². The van der Waals surface area contributed by atoms with E-state index < -0.39 is 0 Å². The number of nitrogens with zero attached hydrogens (tertiary/aromatic N) is 1. The monoisotopic (exact) mass is 252 g/mol. The van der Waals surface area contributed by atoms with Crippen molar-refractivity contribution in [3.8, 4) is 0 Å². The third-order valence-corrected chi connectivity index (χ3v) is 2.95. The zero-order valence-corrected chi connectivity index (χ0v) is 10.3. The van der Waals surface area contributed by atoms with Crippen LogP contribution in [-0.2, 0) is 0 Å². The van der Waals surface area contributed by atoms with E-state index in [1.54, 1.807) is 12.1 Å². The van der Waals surface area contributed by atoms with Crippen LogP contribution in [0.5, 0.6) is 0 Å². The largest absolute Gasteiger partial charge is 0.301 e. The second-order valence-corrected chi connectivity index (χ2v) is 4.22. The lowest BCUT2D eigenvalue weighted by molar-refractivity contribution is 0.627. The number of rotatable bonds is 2. The van der Waals surface area contributed by atoms with Crippen molar-refractivity contribution in [2.45, 2.75) is 0 Å². The summed E-state index contributed by atoms with van der Waals surface area (Å²) in [7, 11) is 0. The molecular formula is C16H13FN2. The maximum Gasteiger partial charge on any atom is 0.123 e. The van der Waals surface area contributed by atoms with E-state index in [0.29, 0.717) is 0 Å². The SMILES string of the molecule is Fc1ccc(N2NC=CC=C2c2ccccc2)cc1. The lowest BCUT2D eigenvalue weighted by Gasteiger charge is -2.29. The molecule has 0 aromatic heterocycles. The first-order chi connectivity index (χ1) is 9.34. The van der Waals surface area contributed by atoms with E-state index in [1.807, 2.05) is 53.7 Å². The van der Waals surface area contributed by atoms with E-state index in [4.69, 9.17) is 0 Å². The summed E-state index contributed by atoms with van der Waals surface area (Å²) >= 11 is 0. The van der Waals surface area contributed by atoms with Gasteiger partial charge in [0.1, 0.15) is 5.82 Å². The molecule has 0 atom stereocenters. The van der Waals surface area contributed by atoms with Crippen LogP contribution >= 0.6 is 0 Å². The van der Waals surface area contributed by atoms with Crippen LogP contribution in [0.2, 0.25) is 0 Å². The molecule has 94 valence electrons. The van der Waals surface area contributed by atoms with Gasteiger partial charge in [-0.15, -0.1) is 0 Å². The number of hydrogen-bond donors (Lipinski definition) is 1. The molecule has 3 heteroatoms. The number of anilines is 1. The Morgan fingerprint density at radius 3 is 2.37 bits per heavy atom. The van der Waals surface area contributed by atoms with Crippen LogP contribution in [-0.4, -0.2) is 0 Å². The van der Waals surface area contributed by atoms with Crippen LogP contribution < -0.4 is 10.4 Å². The smallest absolute Gasteiger partial charge is 0.123 e. The molecule has 0 unspecified atom stereocenters. The van der Waals surface area contributed by atoms with Gasteiger partial charge in [-0.1, -0.05) is 30.3 Å². The molecule has 0 radical (unpaired) electrons. The molecule has 1 heterocycles. The first-order valence-corrected chi connectivity index (χ1v) is 6.09. The minimum absolute atomic E-state index is 0.235. The molecule has 0 bridgehead atoms. The maximum atomic E-state index is 13.0. The van der Waals surface area contributed by atoms with E-state index in [-0.39, 0.29) is 5.82 Å². The Kier molecular flexibility index (Phi) is 3.02. The molecule has 0 saturated carbocycles. The third kappa shape index (κ3) is 2.36. The predicted molar refractivity (Wildman–Crippen MR) is 75.6 cm³/mol. The standard InChI is InChI=1S/C16H13FN2/c17-14-8-10-15(11-9-14)19-16(7-4-12-18-19)13-5-2-1-3-6-13/h1-12,18H. The molecule has 19 heavy (non-hydrogen) atoms. The van der Waals surface area contributed by atoms with Crippen LogP contribution in [0.3, 0.4) is 0 Å². The predicted octanol–water partition coefficient (Wildman–Crippen LogP) is 3.71. The molecule has 0 amide bonds. The third-order valence-electron chi connectivity index (χ3n) is 2.95. The van der Waals surface area contributed by atoms with Crippen molar-refractivity contribution < 1.29 is 4.39 Å². The average molecular weight is 252 g/mol. The minimum Gasteiger partial charge on any atom is -0.301 e. The number of benzene rings is 2. The fourth-order valence-electron chi connectivity index (χ4n) is 2.04. The van der Waals surface area contributed by atoms with Gasteiger partial charge in [-0.05, 0) is 36.4 Å². The van der Waals surface area contributed by atoms with Gasteiger partial charge in [0.25, 0.3) is 0 Å². The van der Waals surface area contributed by atoms with E-state index in [9.17, 15) is 4.39 Å². The summed E-state index contributed by atoms with van der Waals surface area (Å²) < 4.78 is 13.0. The number of halogens is 1. The molecule has 0 saturated heterocycles. The van der Waals surface area contributed by atoms with Crippen molar-refractivity contribution in [3.05, 3.63) is 84.3 Å². The molecule has 3 rings (SSSR count). The Morgan fingerprint density at radius 2 is 1.63 bits per heavy atom. The van der Waals surface area contributed by atoms with E-state index in [0.717, 1.165) is 16.9 Å². The van der Waals surface area contributed by atoms with E-state index in [2.05, 4.69) is 5.43 Å². The van der Waals surface area contributed by atoms with Crippen LogP contribution in [0.4, 0.5) is 10.1 Å². The molecule has 0 fully saturated rings. The highest BCUT2D eigenvalue weighted by molar-refractivity contribution is 5.80. The normalized spacial score (nSPS) is 13.9. The Balaban J connectivity index is 1.99. The summed E-state index contributed by atoms with van der Waals surface area (Å²) in [5, 5.41) is 1.93. The maximum absolute atomic E-state index is 13.0. The van der Waals surface area contributed by atoms with Crippen molar-refractivity contribution >= 4 is 11.4 Å². The van der Waals surface area contributed by atoms with Gasteiger partial charge in [0, 0.05) is 11.8 Å². The topological polar surface area (TPSA) is 15.3 Å². The van der Waals surface area contributed by atoms with Gasteiger partial charge in [0.15, 0.2) is 0 Å². The van der Waals surface area contributed by atoms with Crippen LogP contribution in [0.1, 0.15) is 5.56 Å². The highest BCUT2D eigenvalue weighted by Gasteiger charge is 2.14. The fourth-order valence-corrected chi connectivity index (χ4v) is 2.04. The number of hydrazine groups is 1. The van der Waals surface area contributed by atoms with Gasteiger partial charge in [0.2, 0.25) is 0 Å². The molecule has 2 aromatic rings. The summed E-state index contributed by atoms with van der Waals surface area (Å²) in [6.45, 7) is 0. The second-order valence-electron chi connectivity index (χ2n) is 4.22. The first kappa shape index (κ1) is 11.5. The molecule has 1 N–H and O–H groups in total. The lowest BCUT2D eigenvalue weighted by Crippen LogP contribution is -2.34. The van der Waals surface area contributed by atoms with Gasteiger partial charge < -0.3 is 5.43 Å². The Bertz CT molecular complexity index is 615. The summed E-state index contributed by atoms with van der Waals surface area (Å²) in [6.07, 6.45) is 5.81. The quantitative estimate of drug-likeness (QED) is 0.876. The van der Waals surface area contributed by atoms with Crippen molar-refractivity contribution in [1.82, 2.24) is 5.43 Å². The zero-order valence-electron chi connectivity index (χ0n) is 10.3. The highest BCUT2D eigenvalue weighted by Crippen LogP contribution is 2.26. The van der Waals surface area contributed by atoms with Crippen LogP contribution in [0.25, 0.3) is 5.70 Å². The minimum atomic E-state index is -0.235. The van der Waals surface area contributed by atoms with Crippen molar-refractivity contribution in [3.63, 3.8) is 0 Å². The summed E-state index contributed by atoms with van der Waals surface area (Å²) in [4.78, 5) is 0. The number of hydrogen-bond acceptors (Lipinski definition) is 2. The Morgan fingerprint density at radius 1 is 0.895 bits per heavy atom. The van der Waals surface area contributed by atoms with Crippen LogP contribution in [0.15, 0.2) is 72.9 Å². The van der Waals surface area contributed by atoms with Crippen molar-refractivity contribution in [2.24, 2.45) is 0 Å². The van der Waals surface area contributed by atoms with E-state index in [1.165, 1.54) is 12.1 Å². The molecule has 1 aliphatic heterocycles. The molecule has 2 aromatic carbocycles. The fraction of sp³-hybridized carbons (Fsp3) is 0. The Labute approximate surface area is 111 Å². The Hall–Kier alpha value is -2.55. The van der Waals surface area contributed by atoms with Gasteiger partial charge in [-0.2, -0.15) is 0 Å². The zero-order chi connectivity index (χ0) is 13.1. The molecular weight excluding hydrogens is 239 g/mol. The lowest BCUT2D eigenvalue weighted by atomic mass is 10.1. The molecule has 2 nitrogen and oxygen atoms in total. The van der Waals surface area contributed by atoms with Gasteiger partial charge in [0.05, 0.1) is 11.4 Å². The van der Waals surface area contributed by atoms with Gasteiger partial charge in [-0.3, -0.25) is 5.01 Å². The van der Waals surface area contributed by atoms with Crippen molar-refractivity contribution in [2.75, 3.05) is 5.01 Å². The summed E-state index contributed by atoms with van der Waals surface area (Å²) in [5.41, 5.74) is 6.18. The van der Waals surface area contributed by atoms with E-state index >= 15 is 0 Å². The summed E-state index contributed by atoms with van der Waals surface area (Å²) in [6, 6.07) is 16.5. The second kappa shape index (κ2) is 4.98. The summed E-state index contributed by atoms with van der Waals surface area (Å²) in [5.74, 6) is -0.235. The first-order valence-electron chi connectivity index (χ1n) is 6.09. The molecule has 1 aliphatic rings. The number of allylic oxidation sites excluding steroid dienone is 2. The van der Waals surface area contributed by atoms with Crippen LogP contribution in [0, 0.1) is 5.82 Å². The van der Waals surface area contributed by atoms with Gasteiger partial charge >= 0.3 is 0 Å². The molecule has 0 aliphatic carbocycles. The highest BCUT2D eigenvalue weighted by atomic mass is 19.1. The number of nitrogens with one attached hydrogen (secondary N) is 1. The molecule has 0 spiro atoms. The average Bonchev–Trinajstić information content (AvgIpc) is 2.49. The van der Waals surface area contributed by atoms with Gasteiger partial charge in [-0.25, -0.2) is 4.39 Å².